The number of nitrogens with zero attached hydrogens (tertiary/aromatic N) is 1. The molecule has 0 amide bonds. The Morgan fingerprint density at radius 3 is 2.81 bits per heavy atom. The minimum absolute atomic E-state index is 0.0219. The second-order valence-corrected chi connectivity index (χ2v) is 8.26. The van der Waals surface area contributed by atoms with Gasteiger partial charge in [-0.3, -0.25) is 4.79 Å². The molecule has 1 aromatic carbocycles. The fraction of sp³-hybridized carbons (Fsp3) is 0.579. The predicted molar refractivity (Wildman–Crippen MR) is 102 cm³/mol. The van der Waals surface area contributed by atoms with Gasteiger partial charge in [-0.1, -0.05) is 0 Å². The summed E-state index contributed by atoms with van der Waals surface area (Å²) in [6, 6.07) is 2.90. The van der Waals surface area contributed by atoms with Crippen LogP contribution in [0, 0.1) is 11.7 Å². The van der Waals surface area contributed by atoms with Crippen LogP contribution in [0.2, 0.25) is 0 Å². The van der Waals surface area contributed by atoms with Gasteiger partial charge in [-0.25, -0.2) is 9.37 Å². The van der Waals surface area contributed by atoms with Crippen LogP contribution in [0.25, 0.3) is 10.9 Å². The molecule has 1 atom stereocenters. The lowest BCUT2D eigenvalue weighted by atomic mass is 10.1. The third kappa shape index (κ3) is 4.62. The van der Waals surface area contributed by atoms with Gasteiger partial charge in [0.25, 0.3) is 5.56 Å². The molecule has 2 aliphatic rings. The average Bonchev–Trinajstić information content (AvgIpc) is 3.19. The molecule has 0 bridgehead atoms. The molecule has 6 nitrogen and oxygen atoms in total. The average molecular weight is 394 g/mol. The fourth-order valence-corrected chi connectivity index (χ4v) is 4.42. The Kier molecular flexibility index (Phi) is 5.95. The van der Waals surface area contributed by atoms with Crippen molar-refractivity contribution >= 4 is 22.7 Å². The van der Waals surface area contributed by atoms with Crippen LogP contribution in [-0.4, -0.2) is 48.3 Å². The van der Waals surface area contributed by atoms with Gasteiger partial charge in [0.1, 0.15) is 22.8 Å². The van der Waals surface area contributed by atoms with Crippen LogP contribution in [0.5, 0.6) is 5.75 Å². The highest BCUT2D eigenvalue weighted by Gasteiger charge is 2.18. The zero-order valence-electron chi connectivity index (χ0n) is 15.0. The number of halogens is 1. The van der Waals surface area contributed by atoms with Gasteiger partial charge in [0, 0.05) is 43.1 Å². The van der Waals surface area contributed by atoms with Gasteiger partial charge in [0.2, 0.25) is 0 Å². The summed E-state index contributed by atoms with van der Waals surface area (Å²) >= 11 is 1.75. The summed E-state index contributed by atoms with van der Waals surface area (Å²) in [5.74, 6) is 1.25. The first kappa shape index (κ1) is 18.7. The fourth-order valence-electron chi connectivity index (χ4n) is 3.37. The van der Waals surface area contributed by atoms with Crippen molar-refractivity contribution in [2.75, 3.05) is 33.0 Å². The minimum Gasteiger partial charge on any atom is -0.493 e. The zero-order valence-corrected chi connectivity index (χ0v) is 15.9. The van der Waals surface area contributed by atoms with Crippen molar-refractivity contribution < 1.29 is 18.6 Å². The van der Waals surface area contributed by atoms with Crippen molar-refractivity contribution in [3.8, 4) is 5.75 Å². The van der Waals surface area contributed by atoms with Gasteiger partial charge in [-0.2, -0.15) is 11.8 Å². The summed E-state index contributed by atoms with van der Waals surface area (Å²) in [7, 11) is 0. The smallest absolute Gasteiger partial charge is 0.261 e. The Morgan fingerprint density at radius 1 is 1.22 bits per heavy atom. The normalized spacial score (nSPS) is 21.0. The topological polar surface area (TPSA) is 73.4 Å². The Hall–Kier alpha value is -1.64. The number of ether oxygens (including phenoxy) is 3. The molecular formula is C19H23FN2O4S. The quantitative estimate of drug-likeness (QED) is 0.812. The van der Waals surface area contributed by atoms with Crippen LogP contribution < -0.4 is 10.3 Å². The van der Waals surface area contributed by atoms with Gasteiger partial charge in [0.15, 0.2) is 0 Å². The highest BCUT2D eigenvalue weighted by atomic mass is 32.2. The molecule has 2 fully saturated rings. The van der Waals surface area contributed by atoms with Gasteiger partial charge >= 0.3 is 0 Å². The highest BCUT2D eigenvalue weighted by Crippen LogP contribution is 2.26. The Morgan fingerprint density at radius 2 is 2.04 bits per heavy atom. The molecule has 2 saturated heterocycles. The zero-order chi connectivity index (χ0) is 18.6. The third-order valence-corrected chi connectivity index (χ3v) is 6.30. The maximum Gasteiger partial charge on any atom is 0.261 e. The van der Waals surface area contributed by atoms with E-state index in [1.807, 2.05) is 0 Å². The first-order chi connectivity index (χ1) is 13.2. The summed E-state index contributed by atoms with van der Waals surface area (Å²) in [6.07, 6.45) is 2.95. The second kappa shape index (κ2) is 8.58. The first-order valence-corrected chi connectivity index (χ1v) is 10.4. The van der Waals surface area contributed by atoms with E-state index in [1.54, 1.807) is 17.8 Å². The van der Waals surface area contributed by atoms with E-state index in [0.717, 1.165) is 39.1 Å². The summed E-state index contributed by atoms with van der Waals surface area (Å²) < 4.78 is 30.8. The van der Waals surface area contributed by atoms with E-state index in [-0.39, 0.29) is 5.39 Å². The molecule has 27 heavy (non-hydrogen) atoms. The van der Waals surface area contributed by atoms with Gasteiger partial charge < -0.3 is 19.2 Å². The molecule has 0 aliphatic carbocycles. The number of rotatable bonds is 6. The number of benzene rings is 1. The van der Waals surface area contributed by atoms with Crippen LogP contribution in [-0.2, 0) is 15.2 Å². The molecule has 8 heteroatoms. The predicted octanol–water partition coefficient (Wildman–Crippen LogP) is 2.89. The maximum absolute atomic E-state index is 14.4. The van der Waals surface area contributed by atoms with Crippen molar-refractivity contribution in [3.63, 3.8) is 0 Å². The molecule has 3 heterocycles. The maximum atomic E-state index is 14.4. The number of thioether (sulfide) groups is 1. The van der Waals surface area contributed by atoms with Gasteiger partial charge in [-0.05, 0) is 19.3 Å². The molecule has 146 valence electrons. The minimum atomic E-state index is -0.609. The largest absolute Gasteiger partial charge is 0.493 e. The van der Waals surface area contributed by atoms with E-state index in [4.69, 9.17) is 14.2 Å². The summed E-state index contributed by atoms with van der Waals surface area (Å²) in [4.78, 5) is 19.5. The molecule has 0 spiro atoms. The number of hydrogen-bond acceptors (Lipinski definition) is 6. The van der Waals surface area contributed by atoms with Crippen molar-refractivity contribution in [1.82, 2.24) is 9.97 Å². The lowest BCUT2D eigenvalue weighted by Crippen LogP contribution is -2.18. The van der Waals surface area contributed by atoms with E-state index in [0.29, 0.717) is 47.2 Å². The molecule has 2 aliphatic heterocycles. The van der Waals surface area contributed by atoms with Crippen LogP contribution in [0.1, 0.15) is 25.1 Å². The van der Waals surface area contributed by atoms with E-state index >= 15 is 0 Å². The molecule has 0 saturated carbocycles. The second-order valence-electron chi connectivity index (χ2n) is 6.98. The van der Waals surface area contributed by atoms with Crippen LogP contribution in [0.15, 0.2) is 16.9 Å². The number of nitrogens with one attached hydrogen (secondary N) is 1. The van der Waals surface area contributed by atoms with Crippen molar-refractivity contribution in [1.29, 1.82) is 0 Å². The number of aromatic nitrogens is 2. The lowest BCUT2D eigenvalue weighted by molar-refractivity contribution is 0.1000. The van der Waals surface area contributed by atoms with E-state index in [9.17, 15) is 9.18 Å². The van der Waals surface area contributed by atoms with Gasteiger partial charge in [0.05, 0.1) is 24.5 Å². The Labute approximate surface area is 160 Å². The van der Waals surface area contributed by atoms with Crippen LogP contribution in [0.4, 0.5) is 4.39 Å². The molecule has 0 unspecified atom stereocenters. The van der Waals surface area contributed by atoms with E-state index in [2.05, 4.69) is 9.97 Å². The third-order valence-electron chi connectivity index (χ3n) is 4.92. The Balaban J connectivity index is 1.50. The molecule has 1 N–H and O–H groups in total. The van der Waals surface area contributed by atoms with E-state index < -0.39 is 11.4 Å². The first-order valence-electron chi connectivity index (χ1n) is 9.31. The summed E-state index contributed by atoms with van der Waals surface area (Å²) in [5, 5.41) is 0.478. The molecule has 1 aromatic heterocycles. The van der Waals surface area contributed by atoms with Crippen LogP contribution >= 0.6 is 11.8 Å². The number of hydrogen-bond donors (Lipinski definition) is 1. The number of fused-ring (bicyclic) bond motifs is 1. The van der Waals surface area contributed by atoms with Crippen molar-refractivity contribution in [2.45, 2.75) is 30.3 Å². The van der Waals surface area contributed by atoms with Gasteiger partial charge in [-0.15, -0.1) is 0 Å². The standard InChI is InChI=1S/C19H23FN2O4S/c20-15-7-13(26-10-12-1-4-25-9-12)8-16-18(15)19(23)22-17(21-16)11-27-14-2-5-24-6-3-14/h7-8,12,14H,1-6,9-11H2,(H,21,22,23)/t12-/m1/s1. The SMILES string of the molecule is O=c1[nH]c(CSC2CCOCC2)nc2cc(OC[C@@H]3CCOC3)cc(F)c12. The monoisotopic (exact) mass is 394 g/mol. The highest BCUT2D eigenvalue weighted by molar-refractivity contribution is 7.99. The molecule has 2 aromatic rings. The van der Waals surface area contributed by atoms with E-state index in [1.165, 1.54) is 6.07 Å². The lowest BCUT2D eigenvalue weighted by Gasteiger charge is -2.21. The van der Waals surface area contributed by atoms with Crippen molar-refractivity contribution in [3.05, 3.63) is 34.1 Å². The molecule has 0 radical (unpaired) electrons. The summed E-state index contributed by atoms with van der Waals surface area (Å²) in [6.45, 7) is 3.43. The Bertz CT molecular complexity index is 847. The van der Waals surface area contributed by atoms with Crippen LogP contribution in [0.3, 0.4) is 0 Å². The molecular weight excluding hydrogens is 371 g/mol. The summed E-state index contributed by atoms with van der Waals surface area (Å²) in [5.41, 5.74) is -0.116. The number of aromatic amines is 1. The molecule has 4 rings (SSSR count). The van der Waals surface area contributed by atoms with Crippen molar-refractivity contribution in [2.24, 2.45) is 5.92 Å². The number of H-pyrrole nitrogens is 1.